The number of nitrogens with two attached hydrogens (primary N) is 1. The fourth-order valence-corrected chi connectivity index (χ4v) is 3.92. The van der Waals surface area contributed by atoms with Gasteiger partial charge in [-0.3, -0.25) is 4.79 Å². The van der Waals surface area contributed by atoms with E-state index < -0.39 is 5.97 Å². The molecule has 3 aromatic heterocycles. The average molecular weight is 421 g/mol. The second kappa shape index (κ2) is 7.76. The van der Waals surface area contributed by atoms with Gasteiger partial charge in [0.2, 0.25) is 0 Å². The van der Waals surface area contributed by atoms with Crippen LogP contribution in [0.15, 0.2) is 52.2 Å². The second-order valence-electron chi connectivity index (χ2n) is 6.28. The van der Waals surface area contributed by atoms with Crippen LogP contribution in [0.3, 0.4) is 0 Å². The summed E-state index contributed by atoms with van der Waals surface area (Å²) >= 11 is 1.21. The van der Waals surface area contributed by atoms with Gasteiger partial charge in [0, 0.05) is 5.56 Å². The lowest BCUT2D eigenvalue weighted by Crippen LogP contribution is -2.17. The molecule has 0 spiro atoms. The van der Waals surface area contributed by atoms with E-state index >= 15 is 0 Å². The molecular weight excluding hydrogens is 406 g/mol. The third-order valence-corrected chi connectivity index (χ3v) is 5.56. The number of anilines is 1. The van der Waals surface area contributed by atoms with Crippen LogP contribution in [0.25, 0.3) is 21.5 Å². The van der Waals surface area contributed by atoms with Crippen LogP contribution in [-0.4, -0.2) is 33.2 Å². The van der Waals surface area contributed by atoms with Gasteiger partial charge in [0.25, 0.3) is 5.91 Å². The molecular formula is C20H15N5O4S. The number of nitrogens with zero attached hydrogens (tertiary/aromatic N) is 3. The van der Waals surface area contributed by atoms with Crippen molar-refractivity contribution in [2.45, 2.75) is 6.92 Å². The Bertz CT molecular complexity index is 1290. The van der Waals surface area contributed by atoms with Crippen molar-refractivity contribution in [3.63, 3.8) is 0 Å². The molecule has 1 amide bonds. The van der Waals surface area contributed by atoms with Gasteiger partial charge in [-0.2, -0.15) is 5.10 Å². The van der Waals surface area contributed by atoms with E-state index in [1.807, 2.05) is 0 Å². The van der Waals surface area contributed by atoms with Crippen molar-refractivity contribution in [1.29, 1.82) is 0 Å². The molecule has 0 aliphatic carbocycles. The van der Waals surface area contributed by atoms with E-state index in [4.69, 9.17) is 15.3 Å². The zero-order valence-corrected chi connectivity index (χ0v) is 16.4. The van der Waals surface area contributed by atoms with Gasteiger partial charge in [-0.05, 0) is 36.8 Å². The number of hydrazone groups is 1. The summed E-state index contributed by atoms with van der Waals surface area (Å²) in [5.41, 5.74) is 9.96. The van der Waals surface area contributed by atoms with Crippen LogP contribution in [-0.2, 0) is 0 Å². The first-order valence-corrected chi connectivity index (χ1v) is 9.52. The summed E-state index contributed by atoms with van der Waals surface area (Å²) in [6, 6.07) is 9.73. The second-order valence-corrected chi connectivity index (χ2v) is 7.28. The van der Waals surface area contributed by atoms with E-state index in [0.717, 1.165) is 5.56 Å². The molecule has 0 radical (unpaired) electrons. The molecule has 10 heteroatoms. The number of nitrogens with one attached hydrogen (secondary N) is 1. The molecule has 4 rings (SSSR count). The van der Waals surface area contributed by atoms with E-state index in [-0.39, 0.29) is 11.5 Å². The molecule has 0 atom stereocenters. The average Bonchev–Trinajstić information content (AvgIpc) is 3.33. The fourth-order valence-electron chi connectivity index (χ4n) is 2.88. The van der Waals surface area contributed by atoms with Crippen LogP contribution in [0.5, 0.6) is 0 Å². The van der Waals surface area contributed by atoms with Crippen LogP contribution < -0.4 is 11.2 Å². The number of amides is 1. The minimum absolute atomic E-state index is 0.194. The normalized spacial score (nSPS) is 11.2. The van der Waals surface area contributed by atoms with Crippen LogP contribution >= 0.6 is 11.3 Å². The SMILES string of the molecule is Cc1c(C(=O)N/N=C\c2ccc(-c3ccc(C(=O)O)cc3)o2)sc2ncnc(N)c12. The van der Waals surface area contributed by atoms with Gasteiger partial charge in [0.05, 0.1) is 22.0 Å². The van der Waals surface area contributed by atoms with E-state index in [9.17, 15) is 9.59 Å². The van der Waals surface area contributed by atoms with Crippen molar-refractivity contribution in [3.05, 3.63) is 64.5 Å². The summed E-state index contributed by atoms with van der Waals surface area (Å²) in [6.07, 6.45) is 2.74. The highest BCUT2D eigenvalue weighted by Crippen LogP contribution is 2.31. The summed E-state index contributed by atoms with van der Waals surface area (Å²) in [5, 5.41) is 13.6. The number of aryl methyl sites for hydroxylation is 1. The number of hydrogen-bond donors (Lipinski definition) is 3. The maximum absolute atomic E-state index is 12.5. The topological polar surface area (TPSA) is 144 Å². The summed E-state index contributed by atoms with van der Waals surface area (Å²) in [7, 11) is 0. The molecule has 150 valence electrons. The number of fused-ring (bicyclic) bond motifs is 1. The van der Waals surface area contributed by atoms with Gasteiger partial charge in [-0.25, -0.2) is 20.2 Å². The standard InChI is InChI=1S/C20H15N5O4S/c1-10-15-17(21)22-9-23-19(15)30-16(10)18(26)25-24-8-13-6-7-14(29-13)11-2-4-12(5-3-11)20(27)28/h2-9H,1H3,(H,25,26)(H,27,28)(H2,21,22,23)/b24-8-. The molecule has 0 aliphatic rings. The number of nitrogen functional groups attached to an aromatic ring is 1. The third-order valence-electron chi connectivity index (χ3n) is 4.36. The quantitative estimate of drug-likeness (QED) is 0.331. The molecule has 30 heavy (non-hydrogen) atoms. The Morgan fingerprint density at radius 1 is 1.20 bits per heavy atom. The van der Waals surface area contributed by atoms with Crippen molar-refractivity contribution in [1.82, 2.24) is 15.4 Å². The van der Waals surface area contributed by atoms with E-state index in [2.05, 4.69) is 20.5 Å². The molecule has 0 saturated carbocycles. The molecule has 3 heterocycles. The number of furan rings is 1. The number of carboxylic acids is 1. The first kappa shape index (κ1) is 19.3. The van der Waals surface area contributed by atoms with Crippen molar-refractivity contribution >= 4 is 45.5 Å². The maximum Gasteiger partial charge on any atom is 0.335 e. The summed E-state index contributed by atoms with van der Waals surface area (Å²) in [6.45, 7) is 1.78. The third kappa shape index (κ3) is 3.63. The van der Waals surface area contributed by atoms with Crippen molar-refractivity contribution in [3.8, 4) is 11.3 Å². The highest BCUT2D eigenvalue weighted by Gasteiger charge is 2.18. The predicted octanol–water partition coefficient (Wildman–Crippen LogP) is 3.30. The number of carbonyl (C=O) groups is 2. The van der Waals surface area contributed by atoms with Gasteiger partial charge in [-0.1, -0.05) is 12.1 Å². The molecule has 4 aromatic rings. The van der Waals surface area contributed by atoms with E-state index in [0.29, 0.717) is 38.0 Å². The number of benzene rings is 1. The highest BCUT2D eigenvalue weighted by atomic mass is 32.1. The monoisotopic (exact) mass is 421 g/mol. The Hall–Kier alpha value is -4.05. The van der Waals surface area contributed by atoms with Crippen molar-refractivity contribution in [2.75, 3.05) is 5.73 Å². The largest absolute Gasteiger partial charge is 0.478 e. The van der Waals surface area contributed by atoms with Gasteiger partial charge in [-0.15, -0.1) is 11.3 Å². The minimum Gasteiger partial charge on any atom is -0.478 e. The lowest BCUT2D eigenvalue weighted by atomic mass is 10.1. The summed E-state index contributed by atoms with van der Waals surface area (Å²) < 4.78 is 5.66. The first-order valence-electron chi connectivity index (χ1n) is 8.70. The van der Waals surface area contributed by atoms with Crippen molar-refractivity contribution in [2.24, 2.45) is 5.10 Å². The number of aromatic nitrogens is 2. The molecule has 0 saturated heterocycles. The number of rotatable bonds is 5. The first-order chi connectivity index (χ1) is 14.4. The number of hydrogen-bond acceptors (Lipinski definition) is 8. The zero-order chi connectivity index (χ0) is 21.3. The molecule has 9 nitrogen and oxygen atoms in total. The Balaban J connectivity index is 1.46. The molecule has 0 fully saturated rings. The molecule has 0 unspecified atom stereocenters. The van der Waals surface area contributed by atoms with Gasteiger partial charge < -0.3 is 15.3 Å². The molecule has 1 aromatic carbocycles. The van der Waals surface area contributed by atoms with E-state index in [1.54, 1.807) is 31.2 Å². The zero-order valence-electron chi connectivity index (χ0n) is 15.6. The molecule has 0 aliphatic heterocycles. The van der Waals surface area contributed by atoms with Crippen LogP contribution in [0.2, 0.25) is 0 Å². The lowest BCUT2D eigenvalue weighted by Gasteiger charge is -1.99. The Morgan fingerprint density at radius 3 is 2.67 bits per heavy atom. The van der Waals surface area contributed by atoms with Gasteiger partial charge in [0.1, 0.15) is 28.5 Å². The number of thiophene rings is 1. The van der Waals surface area contributed by atoms with Crippen LogP contribution in [0.4, 0.5) is 5.82 Å². The highest BCUT2D eigenvalue weighted by molar-refractivity contribution is 7.20. The summed E-state index contributed by atoms with van der Waals surface area (Å²) in [4.78, 5) is 32.6. The Morgan fingerprint density at radius 2 is 1.97 bits per heavy atom. The van der Waals surface area contributed by atoms with Gasteiger partial charge in [0.15, 0.2) is 0 Å². The molecule has 0 bridgehead atoms. The van der Waals surface area contributed by atoms with Crippen LogP contribution in [0, 0.1) is 6.92 Å². The maximum atomic E-state index is 12.5. The number of aromatic carboxylic acids is 1. The minimum atomic E-state index is -0.992. The summed E-state index contributed by atoms with van der Waals surface area (Å²) in [5.74, 6) is -0.0731. The fraction of sp³-hybridized carbons (Fsp3) is 0.0500. The molecule has 4 N–H and O–H groups in total. The van der Waals surface area contributed by atoms with Gasteiger partial charge >= 0.3 is 5.97 Å². The van der Waals surface area contributed by atoms with Crippen LogP contribution in [0.1, 0.15) is 31.4 Å². The number of carboxylic acid groups (broad SMARTS) is 1. The Labute approximate surface area is 173 Å². The predicted molar refractivity (Wildman–Crippen MR) is 113 cm³/mol. The van der Waals surface area contributed by atoms with Crippen molar-refractivity contribution < 1.29 is 19.1 Å². The lowest BCUT2D eigenvalue weighted by molar-refractivity contribution is 0.0696. The Kier molecular flexibility index (Phi) is 4.98. The smallest absolute Gasteiger partial charge is 0.335 e. The number of carbonyl (C=O) groups excluding carboxylic acids is 1. The van der Waals surface area contributed by atoms with E-state index in [1.165, 1.54) is 36.0 Å².